The average molecular weight is 303 g/mol. The second-order valence-electron chi connectivity index (χ2n) is 4.64. The quantitative estimate of drug-likeness (QED) is 0.869. The molecule has 1 aliphatic rings. The SMILES string of the molecule is CC(CNCc1csc(Br)c1)N(C)C1CC1. The predicted molar refractivity (Wildman–Crippen MR) is 74.0 cm³/mol. The lowest BCUT2D eigenvalue weighted by Crippen LogP contribution is -2.38. The number of halogens is 1. The molecule has 1 aromatic rings. The highest BCUT2D eigenvalue weighted by atomic mass is 79.9. The number of rotatable bonds is 6. The lowest BCUT2D eigenvalue weighted by atomic mass is 10.2. The predicted octanol–water partition coefficient (Wildman–Crippen LogP) is 3.08. The Morgan fingerprint density at radius 2 is 2.38 bits per heavy atom. The first-order valence-electron chi connectivity index (χ1n) is 5.82. The molecule has 90 valence electrons. The molecule has 16 heavy (non-hydrogen) atoms. The summed E-state index contributed by atoms with van der Waals surface area (Å²) in [6, 6.07) is 3.68. The van der Waals surface area contributed by atoms with E-state index in [9.17, 15) is 0 Å². The van der Waals surface area contributed by atoms with Crippen LogP contribution in [0, 0.1) is 0 Å². The fourth-order valence-electron chi connectivity index (χ4n) is 1.85. The largest absolute Gasteiger partial charge is 0.311 e. The van der Waals surface area contributed by atoms with Crippen LogP contribution >= 0.6 is 27.3 Å². The zero-order chi connectivity index (χ0) is 11.5. The van der Waals surface area contributed by atoms with Gasteiger partial charge in [-0.25, -0.2) is 0 Å². The Kier molecular flexibility index (Phi) is 4.41. The zero-order valence-electron chi connectivity index (χ0n) is 9.87. The maximum Gasteiger partial charge on any atom is 0.0701 e. The van der Waals surface area contributed by atoms with E-state index in [1.54, 1.807) is 11.3 Å². The maximum absolute atomic E-state index is 3.52. The molecular formula is C12H19BrN2S. The molecule has 1 aliphatic carbocycles. The second kappa shape index (κ2) is 5.63. The zero-order valence-corrected chi connectivity index (χ0v) is 12.3. The third-order valence-electron chi connectivity index (χ3n) is 3.21. The first-order chi connectivity index (χ1) is 7.66. The van der Waals surface area contributed by atoms with E-state index >= 15 is 0 Å². The maximum atomic E-state index is 3.52. The molecule has 0 bridgehead atoms. The Balaban J connectivity index is 1.67. The Morgan fingerprint density at radius 3 is 2.94 bits per heavy atom. The van der Waals surface area contributed by atoms with Gasteiger partial charge in [0.25, 0.3) is 0 Å². The number of hydrogen-bond donors (Lipinski definition) is 1. The summed E-state index contributed by atoms with van der Waals surface area (Å²) in [7, 11) is 2.24. The molecule has 0 aromatic carbocycles. The fourth-order valence-corrected chi connectivity index (χ4v) is 3.06. The minimum atomic E-state index is 0.634. The molecule has 0 radical (unpaired) electrons. The molecular weight excluding hydrogens is 284 g/mol. The van der Waals surface area contributed by atoms with Crippen LogP contribution in [0.15, 0.2) is 15.2 Å². The van der Waals surface area contributed by atoms with Crippen molar-refractivity contribution in [3.05, 3.63) is 20.8 Å². The van der Waals surface area contributed by atoms with E-state index in [4.69, 9.17) is 0 Å². The molecule has 1 aromatic heterocycles. The highest BCUT2D eigenvalue weighted by Gasteiger charge is 2.28. The first-order valence-corrected chi connectivity index (χ1v) is 7.49. The van der Waals surface area contributed by atoms with Gasteiger partial charge in [-0.15, -0.1) is 11.3 Å². The highest BCUT2D eigenvalue weighted by Crippen LogP contribution is 2.26. The molecule has 0 saturated heterocycles. The minimum Gasteiger partial charge on any atom is -0.311 e. The van der Waals surface area contributed by atoms with Gasteiger partial charge < -0.3 is 5.32 Å². The molecule has 1 atom stereocenters. The van der Waals surface area contributed by atoms with Crippen LogP contribution in [0.25, 0.3) is 0 Å². The van der Waals surface area contributed by atoms with Gasteiger partial charge in [0.05, 0.1) is 3.79 Å². The van der Waals surface area contributed by atoms with E-state index in [0.29, 0.717) is 6.04 Å². The molecule has 0 spiro atoms. The van der Waals surface area contributed by atoms with Crippen LogP contribution in [0.3, 0.4) is 0 Å². The van der Waals surface area contributed by atoms with E-state index in [0.717, 1.165) is 19.1 Å². The van der Waals surface area contributed by atoms with E-state index in [-0.39, 0.29) is 0 Å². The summed E-state index contributed by atoms with van der Waals surface area (Å²) >= 11 is 5.24. The highest BCUT2D eigenvalue weighted by molar-refractivity contribution is 9.11. The van der Waals surface area contributed by atoms with Crippen molar-refractivity contribution in [1.29, 1.82) is 0 Å². The van der Waals surface area contributed by atoms with Gasteiger partial charge >= 0.3 is 0 Å². The molecule has 4 heteroatoms. The number of likely N-dealkylation sites (N-methyl/N-ethyl adjacent to an activating group) is 1. The topological polar surface area (TPSA) is 15.3 Å². The summed E-state index contributed by atoms with van der Waals surface area (Å²) in [5, 5.41) is 5.72. The van der Waals surface area contributed by atoms with Crippen LogP contribution in [-0.4, -0.2) is 30.6 Å². The van der Waals surface area contributed by atoms with Crippen molar-refractivity contribution in [2.75, 3.05) is 13.6 Å². The number of nitrogens with one attached hydrogen (secondary N) is 1. The molecule has 1 heterocycles. The smallest absolute Gasteiger partial charge is 0.0701 e. The second-order valence-corrected chi connectivity index (χ2v) is 6.93. The Hall–Kier alpha value is 0.1000. The van der Waals surface area contributed by atoms with Crippen molar-refractivity contribution in [2.24, 2.45) is 0 Å². The molecule has 2 nitrogen and oxygen atoms in total. The van der Waals surface area contributed by atoms with E-state index in [2.05, 4.69) is 51.6 Å². The van der Waals surface area contributed by atoms with Crippen LogP contribution in [0.5, 0.6) is 0 Å². The number of thiophene rings is 1. The van der Waals surface area contributed by atoms with Gasteiger partial charge in [-0.2, -0.15) is 0 Å². The monoisotopic (exact) mass is 302 g/mol. The Labute approximate surface area is 110 Å². The van der Waals surface area contributed by atoms with Gasteiger partial charge in [-0.05, 0) is 59.8 Å². The normalized spacial score (nSPS) is 18.0. The van der Waals surface area contributed by atoms with Gasteiger partial charge in [0.15, 0.2) is 0 Å². The van der Waals surface area contributed by atoms with Gasteiger partial charge in [-0.3, -0.25) is 4.90 Å². The minimum absolute atomic E-state index is 0.634. The van der Waals surface area contributed by atoms with Gasteiger partial charge in [0.2, 0.25) is 0 Å². The Morgan fingerprint density at radius 1 is 1.62 bits per heavy atom. The third kappa shape index (κ3) is 3.55. The van der Waals surface area contributed by atoms with Crippen LogP contribution in [0.2, 0.25) is 0 Å². The van der Waals surface area contributed by atoms with Crippen molar-refractivity contribution in [2.45, 2.75) is 38.4 Å². The van der Waals surface area contributed by atoms with E-state index in [1.165, 1.54) is 22.2 Å². The van der Waals surface area contributed by atoms with Gasteiger partial charge in [0, 0.05) is 25.2 Å². The molecule has 1 N–H and O–H groups in total. The molecule has 0 aliphatic heterocycles. The number of hydrogen-bond acceptors (Lipinski definition) is 3. The van der Waals surface area contributed by atoms with Gasteiger partial charge in [-0.1, -0.05) is 0 Å². The van der Waals surface area contributed by atoms with E-state index < -0.39 is 0 Å². The van der Waals surface area contributed by atoms with Crippen LogP contribution < -0.4 is 5.32 Å². The van der Waals surface area contributed by atoms with Crippen molar-refractivity contribution in [3.63, 3.8) is 0 Å². The molecule has 2 rings (SSSR count). The van der Waals surface area contributed by atoms with Crippen LogP contribution in [-0.2, 0) is 6.54 Å². The van der Waals surface area contributed by atoms with Crippen molar-refractivity contribution >= 4 is 27.3 Å². The summed E-state index contributed by atoms with van der Waals surface area (Å²) in [4.78, 5) is 2.50. The summed E-state index contributed by atoms with van der Waals surface area (Å²) in [5.74, 6) is 0. The molecule has 1 saturated carbocycles. The average Bonchev–Trinajstić information content (AvgIpc) is 3.02. The fraction of sp³-hybridized carbons (Fsp3) is 0.667. The van der Waals surface area contributed by atoms with Crippen molar-refractivity contribution < 1.29 is 0 Å². The summed E-state index contributed by atoms with van der Waals surface area (Å²) < 4.78 is 1.22. The van der Waals surface area contributed by atoms with Crippen molar-refractivity contribution in [3.8, 4) is 0 Å². The van der Waals surface area contributed by atoms with Gasteiger partial charge in [0.1, 0.15) is 0 Å². The lowest BCUT2D eigenvalue weighted by molar-refractivity contribution is 0.241. The molecule has 1 fully saturated rings. The Bertz CT molecular complexity index is 336. The van der Waals surface area contributed by atoms with E-state index in [1.807, 2.05) is 0 Å². The van der Waals surface area contributed by atoms with Crippen LogP contribution in [0.4, 0.5) is 0 Å². The van der Waals surface area contributed by atoms with Crippen molar-refractivity contribution in [1.82, 2.24) is 10.2 Å². The standard InChI is InChI=1S/C12H19BrN2S/c1-9(15(2)11-3-4-11)6-14-7-10-5-12(13)16-8-10/h5,8-9,11,14H,3-4,6-7H2,1-2H3. The first kappa shape index (κ1) is 12.6. The summed E-state index contributed by atoms with van der Waals surface area (Å²) in [6.45, 7) is 4.35. The number of nitrogens with zero attached hydrogens (tertiary/aromatic N) is 1. The third-order valence-corrected chi connectivity index (χ3v) is 4.76. The molecule has 1 unspecified atom stereocenters. The summed E-state index contributed by atoms with van der Waals surface area (Å²) in [5.41, 5.74) is 1.37. The van der Waals surface area contributed by atoms with Crippen LogP contribution in [0.1, 0.15) is 25.3 Å². The lowest BCUT2D eigenvalue weighted by Gasteiger charge is -2.24. The molecule has 0 amide bonds. The summed E-state index contributed by atoms with van der Waals surface area (Å²) in [6.07, 6.45) is 2.77.